The zero-order valence-corrected chi connectivity index (χ0v) is 34.5. The Hall–Kier alpha value is -6.04. The molecule has 1 fully saturated rings. The minimum atomic E-state index is -4.82. The van der Waals surface area contributed by atoms with Gasteiger partial charge < -0.3 is 24.8 Å². The van der Waals surface area contributed by atoms with Gasteiger partial charge in [-0.2, -0.15) is 4.98 Å². The Morgan fingerprint density at radius 3 is 2.44 bits per heavy atom. The molecule has 7 aromatic rings. The van der Waals surface area contributed by atoms with E-state index in [4.69, 9.17) is 4.98 Å². The summed E-state index contributed by atoms with van der Waals surface area (Å²) < 4.78 is 62.3. The van der Waals surface area contributed by atoms with Crippen molar-refractivity contribution in [3.05, 3.63) is 129 Å². The second-order valence-electron chi connectivity index (χ2n) is 14.8. The molecule has 61 heavy (non-hydrogen) atoms. The number of carbonyl (C=O) groups excluding carboxylic acids is 1. The van der Waals surface area contributed by atoms with Crippen molar-refractivity contribution in [3.8, 4) is 11.4 Å². The van der Waals surface area contributed by atoms with Crippen molar-refractivity contribution in [2.75, 3.05) is 25.0 Å². The SMILES string of the molecule is Cc1ccc(Cn2c3c(c4cccnc42)CCN(C(=O)c2ccc(-n4c(=O)n(C5CCNCC5)c5nc(Nc6ccc(OC(F)(F)F)cc6)nc(C)c54)cn2)C3)c(F)c1.Cl.Cl. The largest absolute Gasteiger partial charge is 0.573 e. The highest BCUT2D eigenvalue weighted by Crippen LogP contribution is 2.33. The van der Waals surface area contributed by atoms with E-state index in [2.05, 4.69) is 30.3 Å². The third-order valence-corrected chi connectivity index (χ3v) is 11.0. The van der Waals surface area contributed by atoms with Crippen molar-refractivity contribution < 1.29 is 27.1 Å². The number of aromatic nitrogens is 7. The summed E-state index contributed by atoms with van der Waals surface area (Å²) in [6.45, 7) is 6.00. The molecular formula is C42H40Cl2F4N10O3. The molecule has 0 bridgehead atoms. The van der Waals surface area contributed by atoms with Crippen LogP contribution in [0.5, 0.6) is 5.75 Å². The molecule has 1 amide bonds. The van der Waals surface area contributed by atoms with Crippen molar-refractivity contribution in [3.63, 3.8) is 0 Å². The Bertz CT molecular complexity index is 2800. The lowest BCUT2D eigenvalue weighted by Gasteiger charge is -2.28. The first-order chi connectivity index (χ1) is 28.4. The number of carbonyl (C=O) groups is 1. The normalized spacial score (nSPS) is 14.4. The summed E-state index contributed by atoms with van der Waals surface area (Å²) in [5.41, 5.74) is 6.08. The topological polar surface area (TPSA) is 137 Å². The first-order valence-corrected chi connectivity index (χ1v) is 19.2. The highest BCUT2D eigenvalue weighted by atomic mass is 35.5. The molecule has 0 spiro atoms. The molecule has 318 valence electrons. The lowest BCUT2D eigenvalue weighted by Crippen LogP contribution is -2.37. The number of pyridine rings is 2. The Morgan fingerprint density at radius 2 is 1.74 bits per heavy atom. The predicted molar refractivity (Wildman–Crippen MR) is 226 cm³/mol. The second kappa shape index (κ2) is 17.1. The molecule has 1 saturated heterocycles. The number of benzene rings is 2. The third-order valence-electron chi connectivity index (χ3n) is 11.0. The van der Waals surface area contributed by atoms with Gasteiger partial charge in [0.2, 0.25) is 5.95 Å². The number of fused-ring (bicyclic) bond motifs is 4. The minimum absolute atomic E-state index is 0. The van der Waals surface area contributed by atoms with Crippen molar-refractivity contribution in [1.29, 1.82) is 0 Å². The van der Waals surface area contributed by atoms with E-state index in [-0.39, 0.29) is 78.8 Å². The quantitative estimate of drug-likeness (QED) is 0.147. The Kier molecular flexibility index (Phi) is 12.1. The molecule has 0 saturated carbocycles. The fraction of sp³-hybridized carbons (Fsp3) is 0.286. The number of imidazole rings is 1. The van der Waals surface area contributed by atoms with Crippen molar-refractivity contribution in [1.82, 2.24) is 43.9 Å². The van der Waals surface area contributed by atoms with Crippen LogP contribution in [0, 0.1) is 19.7 Å². The molecule has 2 aromatic carbocycles. The van der Waals surface area contributed by atoms with Crippen LogP contribution in [0.15, 0.2) is 83.9 Å². The van der Waals surface area contributed by atoms with Crippen molar-refractivity contribution in [2.45, 2.75) is 58.6 Å². The van der Waals surface area contributed by atoms with Gasteiger partial charge in [-0.15, -0.1) is 38.0 Å². The van der Waals surface area contributed by atoms with Crippen LogP contribution in [0.25, 0.3) is 27.9 Å². The number of alkyl halides is 3. The molecule has 19 heteroatoms. The number of amides is 1. The summed E-state index contributed by atoms with van der Waals surface area (Å²) >= 11 is 0. The number of anilines is 2. The number of nitrogens with one attached hydrogen (secondary N) is 2. The Balaban J connectivity index is 0.00000281. The van der Waals surface area contributed by atoms with E-state index in [0.717, 1.165) is 27.9 Å². The molecule has 13 nitrogen and oxygen atoms in total. The van der Waals surface area contributed by atoms with Crippen LogP contribution < -0.4 is 21.1 Å². The summed E-state index contributed by atoms with van der Waals surface area (Å²) in [5, 5.41) is 7.34. The number of nitrogens with zero attached hydrogens (tertiary/aromatic N) is 8. The van der Waals surface area contributed by atoms with E-state index >= 15 is 4.39 Å². The highest BCUT2D eigenvalue weighted by molar-refractivity contribution is 5.93. The van der Waals surface area contributed by atoms with Crippen LogP contribution >= 0.6 is 24.8 Å². The monoisotopic (exact) mass is 878 g/mol. The van der Waals surface area contributed by atoms with Crippen LogP contribution in [0.2, 0.25) is 0 Å². The van der Waals surface area contributed by atoms with Gasteiger partial charge >= 0.3 is 12.1 Å². The van der Waals surface area contributed by atoms with Gasteiger partial charge in [-0.1, -0.05) is 12.1 Å². The summed E-state index contributed by atoms with van der Waals surface area (Å²) in [4.78, 5) is 48.8. The zero-order valence-electron chi connectivity index (χ0n) is 32.9. The summed E-state index contributed by atoms with van der Waals surface area (Å²) in [5.74, 6) is -0.798. The average Bonchev–Trinajstić information content (AvgIpc) is 3.70. The summed E-state index contributed by atoms with van der Waals surface area (Å²) in [6.07, 6.45) is 0.346. The summed E-state index contributed by atoms with van der Waals surface area (Å²) in [6, 6.07) is 17.4. The van der Waals surface area contributed by atoms with Gasteiger partial charge in [-0.3, -0.25) is 13.9 Å². The van der Waals surface area contributed by atoms with Gasteiger partial charge in [0.05, 0.1) is 30.7 Å². The molecule has 2 N–H and O–H groups in total. The summed E-state index contributed by atoms with van der Waals surface area (Å²) in [7, 11) is 0. The first kappa shape index (κ1) is 43.1. The molecule has 0 atom stereocenters. The van der Waals surface area contributed by atoms with E-state index in [0.29, 0.717) is 72.7 Å². The number of hydrogen-bond donors (Lipinski definition) is 2. The van der Waals surface area contributed by atoms with E-state index in [9.17, 15) is 22.8 Å². The fourth-order valence-electron chi connectivity index (χ4n) is 8.20. The molecule has 0 aliphatic carbocycles. The maximum absolute atomic E-state index is 15.1. The molecule has 7 heterocycles. The number of halogens is 6. The third kappa shape index (κ3) is 8.37. The lowest BCUT2D eigenvalue weighted by molar-refractivity contribution is -0.274. The molecular weight excluding hydrogens is 839 g/mol. The fourth-order valence-corrected chi connectivity index (χ4v) is 8.20. The number of hydrogen-bond acceptors (Lipinski definition) is 9. The Labute approximate surface area is 358 Å². The molecule has 9 rings (SSSR count). The second-order valence-corrected chi connectivity index (χ2v) is 14.8. The van der Waals surface area contributed by atoms with Crippen molar-refractivity contribution in [2.24, 2.45) is 0 Å². The number of aryl methyl sites for hydroxylation is 2. The van der Waals surface area contributed by atoms with Gasteiger partial charge in [0.25, 0.3) is 5.91 Å². The van der Waals surface area contributed by atoms with Gasteiger partial charge in [-0.05, 0) is 112 Å². The van der Waals surface area contributed by atoms with E-state index in [1.165, 1.54) is 41.1 Å². The van der Waals surface area contributed by atoms with Crippen LogP contribution in [0.4, 0.5) is 29.2 Å². The first-order valence-electron chi connectivity index (χ1n) is 19.2. The molecule has 2 aliphatic heterocycles. The highest BCUT2D eigenvalue weighted by Gasteiger charge is 2.32. The number of piperidine rings is 1. The standard InChI is InChI=1S/C42H38F4N10O3.2ClH/c1-24-5-6-26(33(43)20-24)22-54-35-23-53(19-15-31(35)32-4-3-16-48-37(32)54)39(57)34-12-9-29(21-49-34)55-36-25(2)50-40(51-27-7-10-30(11-8-27)59-42(44,45)46)52-38(36)56(41(55)58)28-13-17-47-18-14-28;;/h3-12,16,20-21,28,47H,13-15,17-19,22-23H2,1-2H3,(H,50,51,52);2*1H. The number of rotatable bonds is 8. The van der Waals surface area contributed by atoms with Gasteiger partial charge in [-0.25, -0.2) is 24.1 Å². The van der Waals surface area contributed by atoms with Crippen LogP contribution in [0.3, 0.4) is 0 Å². The Morgan fingerprint density at radius 1 is 0.967 bits per heavy atom. The van der Waals surface area contributed by atoms with E-state index in [1.807, 2.05) is 29.7 Å². The van der Waals surface area contributed by atoms with Crippen LogP contribution in [-0.4, -0.2) is 70.4 Å². The minimum Gasteiger partial charge on any atom is -0.406 e. The van der Waals surface area contributed by atoms with Gasteiger partial charge in [0.1, 0.15) is 28.4 Å². The van der Waals surface area contributed by atoms with Crippen LogP contribution in [0.1, 0.15) is 57.5 Å². The molecule has 5 aromatic heterocycles. The molecule has 2 aliphatic rings. The maximum atomic E-state index is 15.1. The predicted octanol–water partition coefficient (Wildman–Crippen LogP) is 7.74. The van der Waals surface area contributed by atoms with Gasteiger partial charge in [0.15, 0.2) is 5.65 Å². The van der Waals surface area contributed by atoms with Crippen LogP contribution in [-0.2, 0) is 19.5 Å². The zero-order chi connectivity index (χ0) is 41.0. The lowest BCUT2D eigenvalue weighted by atomic mass is 10.0. The smallest absolute Gasteiger partial charge is 0.406 e. The van der Waals surface area contributed by atoms with Crippen molar-refractivity contribution >= 4 is 64.6 Å². The maximum Gasteiger partial charge on any atom is 0.573 e. The average molecular weight is 880 g/mol. The van der Waals surface area contributed by atoms with Gasteiger partial charge in [0, 0.05) is 41.1 Å². The molecule has 0 radical (unpaired) electrons. The molecule has 0 unspecified atom stereocenters. The van der Waals surface area contributed by atoms with E-state index < -0.39 is 6.36 Å². The van der Waals surface area contributed by atoms with E-state index in [1.54, 1.807) is 40.8 Å². The number of ether oxygens (including phenoxy) is 1.